The number of likely N-dealkylation sites (tertiary alicyclic amines) is 1. The van der Waals surface area contributed by atoms with Crippen LogP contribution in [0.25, 0.3) is 10.1 Å². The molecule has 1 fully saturated rings. The van der Waals surface area contributed by atoms with E-state index in [2.05, 4.69) is 0 Å². The molecule has 3 aromatic rings. The zero-order valence-electron chi connectivity index (χ0n) is 17.3. The van der Waals surface area contributed by atoms with Crippen molar-refractivity contribution in [1.82, 2.24) is 4.90 Å². The van der Waals surface area contributed by atoms with Crippen molar-refractivity contribution in [2.75, 3.05) is 23.7 Å². The van der Waals surface area contributed by atoms with Crippen LogP contribution in [0.2, 0.25) is 0 Å². The fraction of sp³-hybridized carbons (Fsp3) is 0.348. The fourth-order valence-electron chi connectivity index (χ4n) is 3.80. The third-order valence-electron chi connectivity index (χ3n) is 5.49. The van der Waals surface area contributed by atoms with E-state index in [1.54, 1.807) is 0 Å². The summed E-state index contributed by atoms with van der Waals surface area (Å²) < 4.78 is 27.5. The van der Waals surface area contributed by atoms with E-state index < -0.39 is 10.0 Å². The minimum Gasteiger partial charge on any atom is -0.338 e. The van der Waals surface area contributed by atoms with Gasteiger partial charge in [0.2, 0.25) is 10.0 Å². The predicted molar refractivity (Wildman–Crippen MR) is 124 cm³/mol. The maximum atomic E-state index is 12.8. The van der Waals surface area contributed by atoms with E-state index in [4.69, 9.17) is 0 Å². The van der Waals surface area contributed by atoms with Crippen molar-refractivity contribution < 1.29 is 13.2 Å². The Balaban J connectivity index is 1.64. The molecular weight excluding hydrogens is 416 g/mol. The summed E-state index contributed by atoms with van der Waals surface area (Å²) in [4.78, 5) is 15.5. The number of benzene rings is 2. The monoisotopic (exact) mass is 442 g/mol. The minimum absolute atomic E-state index is 0.0806. The molecule has 0 spiro atoms. The van der Waals surface area contributed by atoms with Gasteiger partial charge in [-0.15, -0.1) is 11.3 Å². The normalized spacial score (nSPS) is 14.8. The van der Waals surface area contributed by atoms with Crippen LogP contribution in [0.4, 0.5) is 5.69 Å². The van der Waals surface area contributed by atoms with Crippen molar-refractivity contribution in [1.29, 1.82) is 0 Å². The molecule has 0 N–H and O–H groups in total. The van der Waals surface area contributed by atoms with Gasteiger partial charge >= 0.3 is 0 Å². The SMILES string of the molecule is Cc1ccc(CN(c2ccc3sc(C(=O)N4CCCCC4)cc3c2)S(C)(=O)=O)cc1. The second-order valence-electron chi connectivity index (χ2n) is 7.94. The number of thiophene rings is 1. The molecule has 0 aliphatic carbocycles. The molecule has 1 aromatic heterocycles. The number of sulfonamides is 1. The van der Waals surface area contributed by atoms with E-state index in [1.807, 2.05) is 60.4 Å². The maximum absolute atomic E-state index is 12.8. The van der Waals surface area contributed by atoms with Crippen LogP contribution in [-0.2, 0) is 16.6 Å². The van der Waals surface area contributed by atoms with Crippen LogP contribution in [-0.4, -0.2) is 38.6 Å². The Morgan fingerprint density at radius 2 is 1.73 bits per heavy atom. The Bertz CT molecular complexity index is 1160. The number of aryl methyl sites for hydroxylation is 1. The molecule has 1 aliphatic rings. The van der Waals surface area contributed by atoms with Crippen molar-refractivity contribution in [2.45, 2.75) is 32.7 Å². The average Bonchev–Trinajstić information content (AvgIpc) is 3.16. The van der Waals surface area contributed by atoms with Gasteiger partial charge in [0.15, 0.2) is 0 Å². The Morgan fingerprint density at radius 1 is 1.03 bits per heavy atom. The lowest BCUT2D eigenvalue weighted by molar-refractivity contribution is 0.0729. The standard InChI is InChI=1S/C23H26N2O3S2/c1-17-6-8-18(9-7-17)16-25(30(2,27)28)20-10-11-21-19(14-20)15-22(29-21)23(26)24-12-4-3-5-13-24/h6-11,14-15H,3-5,12-13,16H2,1-2H3. The van der Waals surface area contributed by atoms with Gasteiger partial charge in [0.1, 0.15) is 0 Å². The molecule has 5 nitrogen and oxygen atoms in total. The molecule has 30 heavy (non-hydrogen) atoms. The van der Waals surface area contributed by atoms with Gasteiger partial charge in [-0.05, 0) is 61.4 Å². The Kier molecular flexibility index (Phi) is 5.84. The minimum atomic E-state index is -3.46. The largest absolute Gasteiger partial charge is 0.338 e. The van der Waals surface area contributed by atoms with Gasteiger partial charge in [0.25, 0.3) is 5.91 Å². The first-order valence-corrected chi connectivity index (χ1v) is 12.8. The van der Waals surface area contributed by atoms with Crippen LogP contribution < -0.4 is 4.31 Å². The third-order valence-corrected chi connectivity index (χ3v) is 7.73. The van der Waals surface area contributed by atoms with Crippen molar-refractivity contribution in [3.05, 3.63) is 64.5 Å². The highest BCUT2D eigenvalue weighted by molar-refractivity contribution is 7.92. The average molecular weight is 443 g/mol. The third kappa shape index (κ3) is 4.52. The lowest BCUT2D eigenvalue weighted by Crippen LogP contribution is -2.35. The van der Waals surface area contributed by atoms with Crippen LogP contribution >= 0.6 is 11.3 Å². The number of nitrogens with zero attached hydrogens (tertiary/aromatic N) is 2. The molecule has 0 radical (unpaired) electrons. The molecule has 1 aliphatic heterocycles. The molecular formula is C23H26N2O3S2. The molecule has 0 atom stereocenters. The molecule has 7 heteroatoms. The number of anilines is 1. The van der Waals surface area contributed by atoms with Crippen molar-refractivity contribution in [3.8, 4) is 0 Å². The number of piperidine rings is 1. The fourth-order valence-corrected chi connectivity index (χ4v) is 5.69. The molecule has 0 bridgehead atoms. The molecule has 0 saturated carbocycles. The molecule has 1 saturated heterocycles. The van der Waals surface area contributed by atoms with E-state index in [0.29, 0.717) is 10.6 Å². The summed E-state index contributed by atoms with van der Waals surface area (Å²) in [6.07, 6.45) is 4.53. The van der Waals surface area contributed by atoms with E-state index in [1.165, 1.54) is 28.3 Å². The zero-order chi connectivity index (χ0) is 21.3. The van der Waals surface area contributed by atoms with Gasteiger partial charge in [0, 0.05) is 17.8 Å². The lowest BCUT2D eigenvalue weighted by atomic mass is 10.1. The van der Waals surface area contributed by atoms with Gasteiger partial charge < -0.3 is 4.90 Å². The van der Waals surface area contributed by atoms with Crippen molar-refractivity contribution in [2.24, 2.45) is 0 Å². The Morgan fingerprint density at radius 3 is 2.40 bits per heavy atom. The molecule has 1 amide bonds. The van der Waals surface area contributed by atoms with E-state index in [9.17, 15) is 13.2 Å². The summed E-state index contributed by atoms with van der Waals surface area (Å²) in [6.45, 7) is 3.91. The molecule has 4 rings (SSSR count). The van der Waals surface area contributed by atoms with Gasteiger partial charge in [-0.1, -0.05) is 29.8 Å². The highest BCUT2D eigenvalue weighted by Crippen LogP contribution is 2.32. The summed E-state index contributed by atoms with van der Waals surface area (Å²) in [5.74, 6) is 0.0806. The number of carbonyl (C=O) groups excluding carboxylic acids is 1. The molecule has 158 valence electrons. The summed E-state index contributed by atoms with van der Waals surface area (Å²) in [7, 11) is -3.46. The van der Waals surface area contributed by atoms with Crippen LogP contribution in [0.1, 0.15) is 40.1 Å². The first-order valence-electron chi connectivity index (χ1n) is 10.2. The highest BCUT2D eigenvalue weighted by Gasteiger charge is 2.22. The number of carbonyl (C=O) groups is 1. The lowest BCUT2D eigenvalue weighted by Gasteiger charge is -2.26. The topological polar surface area (TPSA) is 57.7 Å². The second-order valence-corrected chi connectivity index (χ2v) is 10.9. The highest BCUT2D eigenvalue weighted by atomic mass is 32.2. The first kappa shape index (κ1) is 20.9. The van der Waals surface area contributed by atoms with Crippen LogP contribution in [0.3, 0.4) is 0 Å². The van der Waals surface area contributed by atoms with Crippen LogP contribution in [0.5, 0.6) is 0 Å². The second kappa shape index (κ2) is 8.40. The van der Waals surface area contributed by atoms with E-state index in [0.717, 1.165) is 47.1 Å². The van der Waals surface area contributed by atoms with Gasteiger partial charge in [-0.25, -0.2) is 8.42 Å². The number of hydrogen-bond acceptors (Lipinski definition) is 4. The smallest absolute Gasteiger partial charge is 0.263 e. The van der Waals surface area contributed by atoms with Gasteiger partial charge in [0.05, 0.1) is 23.4 Å². The summed E-state index contributed by atoms with van der Waals surface area (Å²) in [6, 6.07) is 15.4. The van der Waals surface area contributed by atoms with Crippen molar-refractivity contribution in [3.63, 3.8) is 0 Å². The summed E-state index contributed by atoms with van der Waals surface area (Å²) >= 11 is 1.47. The van der Waals surface area contributed by atoms with Gasteiger partial charge in [-0.2, -0.15) is 0 Å². The number of rotatable bonds is 5. The number of hydrogen-bond donors (Lipinski definition) is 0. The first-order chi connectivity index (χ1) is 14.3. The summed E-state index contributed by atoms with van der Waals surface area (Å²) in [5, 5.41) is 0.899. The van der Waals surface area contributed by atoms with Crippen LogP contribution in [0.15, 0.2) is 48.5 Å². The predicted octanol–water partition coefficient (Wildman–Crippen LogP) is 4.80. The number of fused-ring (bicyclic) bond motifs is 1. The number of amides is 1. The quantitative estimate of drug-likeness (QED) is 0.570. The van der Waals surface area contributed by atoms with E-state index >= 15 is 0 Å². The Labute approximate surface area is 182 Å². The maximum Gasteiger partial charge on any atom is 0.263 e. The van der Waals surface area contributed by atoms with Crippen molar-refractivity contribution >= 4 is 43.0 Å². The summed E-state index contributed by atoms with van der Waals surface area (Å²) in [5.41, 5.74) is 2.67. The zero-order valence-corrected chi connectivity index (χ0v) is 18.9. The molecule has 0 unspecified atom stereocenters. The van der Waals surface area contributed by atoms with E-state index in [-0.39, 0.29) is 12.5 Å². The Hall–Kier alpha value is -2.38. The molecule has 2 aromatic carbocycles. The molecule has 2 heterocycles. The van der Waals surface area contributed by atoms with Gasteiger partial charge in [-0.3, -0.25) is 9.10 Å². The van der Waals surface area contributed by atoms with Crippen LogP contribution in [0, 0.1) is 6.92 Å².